The first-order valence-corrected chi connectivity index (χ1v) is 6.33. The summed E-state index contributed by atoms with van der Waals surface area (Å²) in [7, 11) is 0. The van der Waals surface area contributed by atoms with Crippen molar-refractivity contribution in [1.29, 1.82) is 0 Å². The summed E-state index contributed by atoms with van der Waals surface area (Å²) in [6.07, 6.45) is 2.65. The lowest BCUT2D eigenvalue weighted by molar-refractivity contribution is 0.0690. The predicted octanol–water partition coefficient (Wildman–Crippen LogP) is 2.88. The van der Waals surface area contributed by atoms with Crippen LogP contribution in [0.5, 0.6) is 0 Å². The SMILES string of the molecule is CC(C)(C)CCNc1nc2ccccn2c1C(=O)O. The molecule has 2 aromatic heterocycles. The van der Waals surface area contributed by atoms with Gasteiger partial charge in [0.2, 0.25) is 0 Å². The van der Waals surface area contributed by atoms with E-state index in [4.69, 9.17) is 0 Å². The predicted molar refractivity (Wildman–Crippen MR) is 74.7 cm³/mol. The van der Waals surface area contributed by atoms with Crippen molar-refractivity contribution >= 4 is 17.4 Å². The van der Waals surface area contributed by atoms with Crippen LogP contribution in [-0.2, 0) is 0 Å². The van der Waals surface area contributed by atoms with Gasteiger partial charge >= 0.3 is 5.97 Å². The Kier molecular flexibility index (Phi) is 3.46. The minimum Gasteiger partial charge on any atom is -0.476 e. The zero-order valence-electron chi connectivity index (χ0n) is 11.5. The molecule has 0 aliphatic carbocycles. The number of carbonyl (C=O) groups is 1. The number of pyridine rings is 1. The number of hydrogen-bond donors (Lipinski definition) is 2. The van der Waals surface area contributed by atoms with Crippen molar-refractivity contribution in [3.63, 3.8) is 0 Å². The Morgan fingerprint density at radius 2 is 2.16 bits per heavy atom. The molecular formula is C14H19N3O2. The molecule has 0 aromatic carbocycles. The molecule has 0 radical (unpaired) electrons. The molecule has 0 atom stereocenters. The standard InChI is InChI=1S/C14H19N3O2/c1-14(2,3)7-8-15-12-11(13(18)19)17-9-5-4-6-10(17)16-12/h4-6,9,15H,7-8H2,1-3H3,(H,18,19). The molecule has 0 bridgehead atoms. The van der Waals surface area contributed by atoms with E-state index in [1.807, 2.05) is 6.07 Å². The molecule has 2 rings (SSSR count). The number of hydrogen-bond acceptors (Lipinski definition) is 3. The van der Waals surface area contributed by atoms with E-state index in [0.717, 1.165) is 6.42 Å². The average Bonchev–Trinajstić information content (AvgIpc) is 2.65. The minimum atomic E-state index is -0.975. The van der Waals surface area contributed by atoms with Crippen molar-refractivity contribution < 1.29 is 9.90 Å². The largest absolute Gasteiger partial charge is 0.476 e. The van der Waals surface area contributed by atoms with Crippen LogP contribution in [0.1, 0.15) is 37.7 Å². The second-order valence-electron chi connectivity index (χ2n) is 5.78. The summed E-state index contributed by atoms with van der Waals surface area (Å²) < 4.78 is 1.59. The molecule has 2 N–H and O–H groups in total. The molecule has 102 valence electrons. The Morgan fingerprint density at radius 3 is 2.79 bits per heavy atom. The highest BCUT2D eigenvalue weighted by molar-refractivity contribution is 5.92. The molecule has 0 saturated heterocycles. The number of aromatic carboxylic acids is 1. The quantitative estimate of drug-likeness (QED) is 0.888. The van der Waals surface area contributed by atoms with Crippen LogP contribution in [0.2, 0.25) is 0 Å². The van der Waals surface area contributed by atoms with E-state index in [9.17, 15) is 9.90 Å². The van der Waals surface area contributed by atoms with Crippen LogP contribution in [0.3, 0.4) is 0 Å². The van der Waals surface area contributed by atoms with E-state index in [0.29, 0.717) is 18.0 Å². The maximum Gasteiger partial charge on any atom is 0.356 e. The van der Waals surface area contributed by atoms with Crippen LogP contribution in [0, 0.1) is 5.41 Å². The first-order valence-electron chi connectivity index (χ1n) is 6.33. The molecule has 5 nitrogen and oxygen atoms in total. The fourth-order valence-corrected chi connectivity index (χ4v) is 1.88. The molecule has 0 aliphatic heterocycles. The zero-order valence-corrected chi connectivity index (χ0v) is 11.5. The molecule has 0 unspecified atom stereocenters. The third-order valence-electron chi connectivity index (χ3n) is 2.90. The van der Waals surface area contributed by atoms with Gasteiger partial charge in [0.15, 0.2) is 11.5 Å². The highest BCUT2D eigenvalue weighted by atomic mass is 16.4. The summed E-state index contributed by atoms with van der Waals surface area (Å²) in [5, 5.41) is 12.4. The van der Waals surface area contributed by atoms with Gasteiger partial charge in [-0.1, -0.05) is 26.8 Å². The van der Waals surface area contributed by atoms with Gasteiger partial charge in [-0.2, -0.15) is 0 Å². The third-order valence-corrected chi connectivity index (χ3v) is 2.90. The highest BCUT2D eigenvalue weighted by Gasteiger charge is 2.18. The van der Waals surface area contributed by atoms with Crippen LogP contribution < -0.4 is 5.32 Å². The lowest BCUT2D eigenvalue weighted by Gasteiger charge is -2.18. The summed E-state index contributed by atoms with van der Waals surface area (Å²) in [4.78, 5) is 15.7. The van der Waals surface area contributed by atoms with Gasteiger partial charge in [-0.05, 0) is 24.0 Å². The minimum absolute atomic E-state index is 0.185. The van der Waals surface area contributed by atoms with Gasteiger partial charge in [-0.25, -0.2) is 9.78 Å². The second-order valence-corrected chi connectivity index (χ2v) is 5.78. The van der Waals surface area contributed by atoms with Crippen molar-refractivity contribution in [2.24, 2.45) is 5.41 Å². The third kappa shape index (κ3) is 3.05. The number of carboxylic acids is 1. The van der Waals surface area contributed by atoms with Crippen LogP contribution >= 0.6 is 0 Å². The first-order chi connectivity index (χ1) is 8.88. The smallest absolute Gasteiger partial charge is 0.356 e. The Labute approximate surface area is 112 Å². The van der Waals surface area contributed by atoms with Crippen molar-refractivity contribution in [3.05, 3.63) is 30.1 Å². The number of rotatable bonds is 4. The first kappa shape index (κ1) is 13.4. The molecular weight excluding hydrogens is 242 g/mol. The molecule has 19 heavy (non-hydrogen) atoms. The molecule has 0 saturated carbocycles. The number of nitrogens with one attached hydrogen (secondary N) is 1. The second kappa shape index (κ2) is 4.91. The van der Waals surface area contributed by atoms with Crippen LogP contribution in [0.4, 0.5) is 5.82 Å². The zero-order chi connectivity index (χ0) is 14.0. The van der Waals surface area contributed by atoms with E-state index in [1.54, 1.807) is 22.7 Å². The maximum atomic E-state index is 11.4. The average molecular weight is 261 g/mol. The van der Waals surface area contributed by atoms with Crippen LogP contribution in [0.25, 0.3) is 5.65 Å². The van der Waals surface area contributed by atoms with E-state index in [1.165, 1.54) is 0 Å². The fourth-order valence-electron chi connectivity index (χ4n) is 1.88. The Balaban J connectivity index is 2.27. The maximum absolute atomic E-state index is 11.4. The van der Waals surface area contributed by atoms with E-state index in [-0.39, 0.29) is 11.1 Å². The summed E-state index contributed by atoms with van der Waals surface area (Å²) in [6, 6.07) is 5.42. The molecule has 2 heterocycles. The van der Waals surface area contributed by atoms with Crippen LogP contribution in [0.15, 0.2) is 24.4 Å². The normalized spacial score (nSPS) is 11.7. The molecule has 0 amide bonds. The number of imidazole rings is 1. The summed E-state index contributed by atoms with van der Waals surface area (Å²) >= 11 is 0. The van der Waals surface area contributed by atoms with Gasteiger partial charge in [0, 0.05) is 12.7 Å². The van der Waals surface area contributed by atoms with Crippen molar-refractivity contribution in [3.8, 4) is 0 Å². The van der Waals surface area contributed by atoms with Gasteiger partial charge in [0.25, 0.3) is 0 Å². The van der Waals surface area contributed by atoms with Gasteiger partial charge in [0.1, 0.15) is 5.65 Å². The van der Waals surface area contributed by atoms with Gasteiger partial charge in [0.05, 0.1) is 0 Å². The molecule has 5 heteroatoms. The Bertz CT molecular complexity index is 596. The topological polar surface area (TPSA) is 66.6 Å². The molecule has 0 aliphatic rings. The highest BCUT2D eigenvalue weighted by Crippen LogP contribution is 2.21. The number of aromatic nitrogens is 2. The van der Waals surface area contributed by atoms with Crippen LogP contribution in [-0.4, -0.2) is 27.0 Å². The molecule has 0 spiro atoms. The fraction of sp³-hybridized carbons (Fsp3) is 0.429. The lowest BCUT2D eigenvalue weighted by Crippen LogP contribution is -2.14. The van der Waals surface area contributed by atoms with Gasteiger partial charge in [-0.3, -0.25) is 4.40 Å². The van der Waals surface area contributed by atoms with Gasteiger partial charge in [-0.15, -0.1) is 0 Å². The Hall–Kier alpha value is -2.04. The molecule has 2 aromatic rings. The Morgan fingerprint density at radius 1 is 1.42 bits per heavy atom. The summed E-state index contributed by atoms with van der Waals surface area (Å²) in [6.45, 7) is 7.15. The molecule has 0 fully saturated rings. The van der Waals surface area contributed by atoms with E-state index in [2.05, 4.69) is 31.1 Å². The summed E-state index contributed by atoms with van der Waals surface area (Å²) in [5.41, 5.74) is 1.03. The van der Waals surface area contributed by atoms with Crippen molar-refractivity contribution in [2.45, 2.75) is 27.2 Å². The lowest BCUT2D eigenvalue weighted by atomic mass is 9.92. The van der Waals surface area contributed by atoms with Gasteiger partial charge < -0.3 is 10.4 Å². The number of fused-ring (bicyclic) bond motifs is 1. The van der Waals surface area contributed by atoms with E-state index < -0.39 is 5.97 Å². The number of carboxylic acid groups (broad SMARTS) is 1. The number of nitrogens with zero attached hydrogens (tertiary/aromatic N) is 2. The van der Waals surface area contributed by atoms with E-state index >= 15 is 0 Å². The number of anilines is 1. The summed E-state index contributed by atoms with van der Waals surface area (Å²) in [5.74, 6) is -0.542. The van der Waals surface area contributed by atoms with Crippen molar-refractivity contribution in [1.82, 2.24) is 9.38 Å². The van der Waals surface area contributed by atoms with Crippen molar-refractivity contribution in [2.75, 3.05) is 11.9 Å². The monoisotopic (exact) mass is 261 g/mol.